The molecular weight excluding hydrogens is 360 g/mol. The summed E-state index contributed by atoms with van der Waals surface area (Å²) >= 11 is 1.60. The molecule has 1 aromatic carbocycles. The first-order valence-electron chi connectivity index (χ1n) is 9.08. The fraction of sp³-hybridized carbons (Fsp3) is 0.400. The van der Waals surface area contributed by atoms with Gasteiger partial charge in [-0.2, -0.15) is 0 Å². The zero-order valence-electron chi connectivity index (χ0n) is 15.9. The van der Waals surface area contributed by atoms with Crippen molar-refractivity contribution < 1.29 is 9.53 Å². The monoisotopic (exact) mass is 386 g/mol. The number of para-hydroxylation sites is 1. The van der Waals surface area contributed by atoms with Crippen molar-refractivity contribution in [3.05, 3.63) is 48.2 Å². The number of nitrogens with zero attached hydrogens (tertiary/aromatic N) is 2. The van der Waals surface area contributed by atoms with Crippen LogP contribution in [0.2, 0.25) is 0 Å². The molecule has 0 bridgehead atoms. The van der Waals surface area contributed by atoms with E-state index in [0.717, 1.165) is 35.1 Å². The molecule has 2 aromatic rings. The molecule has 2 unspecified atom stereocenters. The van der Waals surface area contributed by atoms with Crippen LogP contribution in [-0.4, -0.2) is 42.6 Å². The minimum absolute atomic E-state index is 0.199. The summed E-state index contributed by atoms with van der Waals surface area (Å²) in [5, 5.41) is 5.77. The fourth-order valence-electron chi connectivity index (χ4n) is 3.17. The number of amides is 2. The number of morpholine rings is 1. The number of carbonyl (C=O) groups is 1. The van der Waals surface area contributed by atoms with Crippen LogP contribution >= 0.6 is 11.8 Å². The van der Waals surface area contributed by atoms with Gasteiger partial charge in [0.2, 0.25) is 0 Å². The molecule has 2 N–H and O–H groups in total. The van der Waals surface area contributed by atoms with Crippen molar-refractivity contribution >= 4 is 29.3 Å². The molecular formula is C20H26N4O2S. The summed E-state index contributed by atoms with van der Waals surface area (Å²) in [5.41, 5.74) is 1.77. The van der Waals surface area contributed by atoms with Gasteiger partial charge in [-0.15, -0.1) is 11.8 Å². The Bertz CT molecular complexity index is 759. The predicted molar refractivity (Wildman–Crippen MR) is 111 cm³/mol. The van der Waals surface area contributed by atoms with Gasteiger partial charge in [-0.05, 0) is 43.9 Å². The van der Waals surface area contributed by atoms with Gasteiger partial charge in [0.05, 0.1) is 17.9 Å². The number of rotatable bonds is 5. The third-order valence-corrected chi connectivity index (χ3v) is 5.16. The van der Waals surface area contributed by atoms with Crippen LogP contribution in [0.15, 0.2) is 47.5 Å². The summed E-state index contributed by atoms with van der Waals surface area (Å²) in [6.07, 6.45) is 4.20. The fourth-order valence-corrected chi connectivity index (χ4v) is 3.72. The van der Waals surface area contributed by atoms with E-state index in [4.69, 9.17) is 4.74 Å². The van der Waals surface area contributed by atoms with Gasteiger partial charge in [0.1, 0.15) is 5.82 Å². The maximum absolute atomic E-state index is 12.2. The molecule has 1 aliphatic rings. The number of pyridine rings is 1. The summed E-state index contributed by atoms with van der Waals surface area (Å²) < 4.78 is 5.77. The van der Waals surface area contributed by atoms with Gasteiger partial charge in [-0.25, -0.2) is 9.78 Å². The lowest BCUT2D eigenvalue weighted by Gasteiger charge is -2.36. The van der Waals surface area contributed by atoms with Crippen LogP contribution in [0.1, 0.15) is 19.4 Å². The maximum Gasteiger partial charge on any atom is 0.319 e. The number of benzene rings is 1. The molecule has 3 rings (SSSR count). The first-order chi connectivity index (χ1) is 13.0. The van der Waals surface area contributed by atoms with Crippen LogP contribution in [0.25, 0.3) is 0 Å². The smallest absolute Gasteiger partial charge is 0.319 e. The van der Waals surface area contributed by atoms with E-state index in [1.165, 1.54) is 0 Å². The number of hydrogen-bond acceptors (Lipinski definition) is 5. The molecule has 2 heterocycles. The second kappa shape index (κ2) is 9.10. The van der Waals surface area contributed by atoms with Crippen LogP contribution < -0.4 is 15.5 Å². The highest BCUT2D eigenvalue weighted by atomic mass is 32.2. The van der Waals surface area contributed by atoms with Crippen molar-refractivity contribution in [1.29, 1.82) is 0 Å². The highest BCUT2D eigenvalue weighted by Gasteiger charge is 2.22. The number of hydrogen-bond donors (Lipinski definition) is 2. The van der Waals surface area contributed by atoms with Gasteiger partial charge < -0.3 is 20.3 Å². The number of nitrogens with one attached hydrogen (secondary N) is 2. The number of anilines is 2. The molecule has 1 aliphatic heterocycles. The molecule has 0 radical (unpaired) electrons. The Morgan fingerprint density at radius 2 is 1.96 bits per heavy atom. The molecule has 0 spiro atoms. The van der Waals surface area contributed by atoms with E-state index >= 15 is 0 Å². The van der Waals surface area contributed by atoms with Gasteiger partial charge in [-0.3, -0.25) is 0 Å². The predicted octanol–water partition coefficient (Wildman–Crippen LogP) is 3.74. The molecule has 1 aromatic heterocycles. The summed E-state index contributed by atoms with van der Waals surface area (Å²) in [5.74, 6) is 0.944. The summed E-state index contributed by atoms with van der Waals surface area (Å²) in [4.78, 5) is 20.0. The minimum Gasteiger partial charge on any atom is -0.372 e. The van der Waals surface area contributed by atoms with Crippen molar-refractivity contribution in [1.82, 2.24) is 10.3 Å². The Hall–Kier alpha value is -2.25. The van der Waals surface area contributed by atoms with Crippen molar-refractivity contribution in [2.24, 2.45) is 0 Å². The second-order valence-corrected chi connectivity index (χ2v) is 7.54. The summed E-state index contributed by atoms with van der Waals surface area (Å²) in [6, 6.07) is 11.5. The van der Waals surface area contributed by atoms with Crippen molar-refractivity contribution in [2.45, 2.75) is 37.5 Å². The first kappa shape index (κ1) is 19.5. The maximum atomic E-state index is 12.2. The van der Waals surface area contributed by atoms with Gasteiger partial charge in [-0.1, -0.05) is 18.2 Å². The Balaban J connectivity index is 1.53. The number of aromatic nitrogens is 1. The Kier molecular flexibility index (Phi) is 6.58. The third kappa shape index (κ3) is 5.37. The number of carbonyl (C=O) groups excluding carboxylic acids is 1. The lowest BCUT2D eigenvalue weighted by Crippen LogP contribution is -2.45. The lowest BCUT2D eigenvalue weighted by molar-refractivity contribution is -0.00546. The Morgan fingerprint density at radius 1 is 1.22 bits per heavy atom. The van der Waals surface area contributed by atoms with Gasteiger partial charge >= 0.3 is 6.03 Å². The Labute approximate surface area is 164 Å². The van der Waals surface area contributed by atoms with E-state index in [1.54, 1.807) is 11.8 Å². The van der Waals surface area contributed by atoms with E-state index < -0.39 is 0 Å². The number of urea groups is 1. The van der Waals surface area contributed by atoms with E-state index in [1.807, 2.05) is 48.9 Å². The standard InChI is InChI=1S/C20H26N4O2S/c1-14-12-24(13-15(2)26-14)19-9-8-16(10-21-19)11-22-20(25)23-17-6-4-5-7-18(17)27-3/h4-10,14-15H,11-13H2,1-3H3,(H2,22,23,25). The van der Waals surface area contributed by atoms with Crippen molar-refractivity contribution in [3.8, 4) is 0 Å². The molecule has 1 saturated heterocycles. The van der Waals surface area contributed by atoms with E-state index in [2.05, 4.69) is 34.4 Å². The van der Waals surface area contributed by atoms with Crippen LogP contribution in [-0.2, 0) is 11.3 Å². The van der Waals surface area contributed by atoms with Crippen molar-refractivity contribution in [3.63, 3.8) is 0 Å². The van der Waals surface area contributed by atoms with Crippen LogP contribution in [0.5, 0.6) is 0 Å². The van der Waals surface area contributed by atoms with E-state index in [9.17, 15) is 4.79 Å². The van der Waals surface area contributed by atoms with E-state index in [-0.39, 0.29) is 18.2 Å². The third-order valence-electron chi connectivity index (χ3n) is 4.36. The highest BCUT2D eigenvalue weighted by Crippen LogP contribution is 2.24. The zero-order valence-corrected chi connectivity index (χ0v) is 16.8. The molecule has 6 nitrogen and oxygen atoms in total. The number of ether oxygens (including phenoxy) is 1. The quantitative estimate of drug-likeness (QED) is 0.767. The highest BCUT2D eigenvalue weighted by molar-refractivity contribution is 7.98. The average molecular weight is 387 g/mol. The molecule has 2 amide bonds. The van der Waals surface area contributed by atoms with E-state index in [0.29, 0.717) is 6.54 Å². The van der Waals surface area contributed by atoms with Crippen LogP contribution in [0.3, 0.4) is 0 Å². The molecule has 7 heteroatoms. The molecule has 2 atom stereocenters. The molecule has 0 saturated carbocycles. The largest absolute Gasteiger partial charge is 0.372 e. The molecule has 27 heavy (non-hydrogen) atoms. The molecule has 144 valence electrons. The average Bonchev–Trinajstić information content (AvgIpc) is 2.66. The van der Waals surface area contributed by atoms with Crippen LogP contribution in [0.4, 0.5) is 16.3 Å². The van der Waals surface area contributed by atoms with Gasteiger partial charge in [0.25, 0.3) is 0 Å². The lowest BCUT2D eigenvalue weighted by atomic mass is 10.2. The summed E-state index contributed by atoms with van der Waals surface area (Å²) in [6.45, 7) is 6.26. The minimum atomic E-state index is -0.226. The van der Waals surface area contributed by atoms with Gasteiger partial charge in [0, 0.05) is 30.7 Å². The summed E-state index contributed by atoms with van der Waals surface area (Å²) in [7, 11) is 0. The topological polar surface area (TPSA) is 66.5 Å². The first-order valence-corrected chi connectivity index (χ1v) is 10.3. The molecule has 0 aliphatic carbocycles. The SMILES string of the molecule is CSc1ccccc1NC(=O)NCc1ccc(N2CC(C)OC(C)C2)nc1. The zero-order chi connectivity index (χ0) is 19.2. The number of thioether (sulfide) groups is 1. The van der Waals surface area contributed by atoms with Crippen LogP contribution in [0, 0.1) is 0 Å². The van der Waals surface area contributed by atoms with Gasteiger partial charge in [0.15, 0.2) is 0 Å². The normalized spacial score (nSPS) is 19.6. The van der Waals surface area contributed by atoms with Crippen molar-refractivity contribution in [2.75, 3.05) is 29.6 Å². The second-order valence-electron chi connectivity index (χ2n) is 6.69. The molecule has 1 fully saturated rings. The Morgan fingerprint density at radius 3 is 2.63 bits per heavy atom.